The maximum atomic E-state index is 6.17. The molecule has 1 aromatic heterocycles. The van der Waals surface area contributed by atoms with Crippen molar-refractivity contribution >= 4 is 31.9 Å². The Morgan fingerprint density at radius 3 is 2.60 bits per heavy atom. The predicted octanol–water partition coefficient (Wildman–Crippen LogP) is 3.88. The van der Waals surface area contributed by atoms with Crippen molar-refractivity contribution < 1.29 is 13.9 Å². The summed E-state index contributed by atoms with van der Waals surface area (Å²) in [5, 5.41) is 0. The smallest absolute Gasteiger partial charge is 0.169 e. The van der Waals surface area contributed by atoms with Crippen LogP contribution in [-0.4, -0.2) is 20.3 Å². The van der Waals surface area contributed by atoms with Crippen LogP contribution in [0, 0.1) is 0 Å². The van der Waals surface area contributed by atoms with Crippen LogP contribution in [0.15, 0.2) is 43.9 Å². The van der Waals surface area contributed by atoms with E-state index in [4.69, 9.17) is 19.6 Å². The fourth-order valence-electron chi connectivity index (χ4n) is 1.72. The molecule has 2 rings (SSSR count). The van der Waals surface area contributed by atoms with Crippen LogP contribution in [0.1, 0.15) is 17.4 Å². The Kier molecular flexibility index (Phi) is 5.65. The standard InChI is InChI=1S/C14H15Br2NO3/c1-18-6-7-19-11-3-2-9(8-10(11)15)14(17)12-4-5-13(16)20-12/h2-5,8,14H,6-7,17H2,1H3. The van der Waals surface area contributed by atoms with Crippen LogP contribution in [0.4, 0.5) is 0 Å². The predicted molar refractivity (Wildman–Crippen MR) is 84.0 cm³/mol. The minimum Gasteiger partial charge on any atom is -0.490 e. The normalized spacial score (nSPS) is 12.4. The zero-order valence-corrected chi connectivity index (χ0v) is 14.1. The van der Waals surface area contributed by atoms with Crippen LogP contribution >= 0.6 is 31.9 Å². The van der Waals surface area contributed by atoms with Crippen molar-refractivity contribution in [1.29, 1.82) is 0 Å². The molecule has 1 aromatic carbocycles. The number of halogens is 2. The van der Waals surface area contributed by atoms with E-state index in [2.05, 4.69) is 31.9 Å². The van der Waals surface area contributed by atoms with E-state index in [0.717, 1.165) is 15.8 Å². The average molecular weight is 405 g/mol. The molecule has 20 heavy (non-hydrogen) atoms. The van der Waals surface area contributed by atoms with Gasteiger partial charge in [-0.15, -0.1) is 0 Å². The van der Waals surface area contributed by atoms with E-state index >= 15 is 0 Å². The molecule has 0 aliphatic heterocycles. The van der Waals surface area contributed by atoms with Gasteiger partial charge in [0, 0.05) is 7.11 Å². The lowest BCUT2D eigenvalue weighted by atomic mass is 10.1. The molecule has 0 saturated carbocycles. The number of nitrogens with two attached hydrogens (primary N) is 1. The number of methoxy groups -OCH3 is 1. The number of hydrogen-bond donors (Lipinski definition) is 1. The van der Waals surface area contributed by atoms with Gasteiger partial charge in [0.25, 0.3) is 0 Å². The summed E-state index contributed by atoms with van der Waals surface area (Å²) < 4.78 is 17.5. The van der Waals surface area contributed by atoms with Crippen LogP contribution in [-0.2, 0) is 4.74 Å². The highest BCUT2D eigenvalue weighted by atomic mass is 79.9. The molecule has 1 heterocycles. The molecule has 1 unspecified atom stereocenters. The summed E-state index contributed by atoms with van der Waals surface area (Å²) in [6, 6.07) is 9.10. The zero-order chi connectivity index (χ0) is 14.5. The molecule has 0 aliphatic rings. The first-order valence-electron chi connectivity index (χ1n) is 6.04. The Balaban J connectivity index is 2.12. The third-order valence-corrected chi connectivity index (χ3v) is 3.81. The van der Waals surface area contributed by atoms with Crippen molar-refractivity contribution in [1.82, 2.24) is 0 Å². The van der Waals surface area contributed by atoms with Gasteiger partial charge in [0.05, 0.1) is 17.1 Å². The number of rotatable bonds is 6. The number of ether oxygens (including phenoxy) is 2. The second-order valence-electron chi connectivity index (χ2n) is 4.15. The fourth-order valence-corrected chi connectivity index (χ4v) is 2.55. The van der Waals surface area contributed by atoms with Gasteiger partial charge in [0.15, 0.2) is 4.67 Å². The van der Waals surface area contributed by atoms with E-state index in [-0.39, 0.29) is 6.04 Å². The summed E-state index contributed by atoms with van der Waals surface area (Å²) in [5.41, 5.74) is 7.12. The fraction of sp³-hybridized carbons (Fsp3) is 0.286. The lowest BCUT2D eigenvalue weighted by Crippen LogP contribution is -2.11. The van der Waals surface area contributed by atoms with Crippen LogP contribution < -0.4 is 10.5 Å². The summed E-state index contributed by atoms with van der Waals surface area (Å²) in [5.74, 6) is 1.47. The van der Waals surface area contributed by atoms with Crippen molar-refractivity contribution in [2.24, 2.45) is 5.73 Å². The molecular formula is C14H15Br2NO3. The molecule has 1 atom stereocenters. The van der Waals surface area contributed by atoms with Gasteiger partial charge in [-0.25, -0.2) is 0 Å². The lowest BCUT2D eigenvalue weighted by Gasteiger charge is -2.12. The first kappa shape index (κ1) is 15.6. The summed E-state index contributed by atoms with van der Waals surface area (Å²) in [4.78, 5) is 0. The molecule has 108 valence electrons. The lowest BCUT2D eigenvalue weighted by molar-refractivity contribution is 0.146. The molecule has 4 nitrogen and oxygen atoms in total. The third-order valence-electron chi connectivity index (χ3n) is 2.76. The summed E-state index contributed by atoms with van der Waals surface area (Å²) >= 11 is 6.76. The molecule has 0 saturated heterocycles. The van der Waals surface area contributed by atoms with Crippen LogP contribution in [0.3, 0.4) is 0 Å². The van der Waals surface area contributed by atoms with E-state index < -0.39 is 0 Å². The van der Waals surface area contributed by atoms with Gasteiger partial charge in [-0.1, -0.05) is 6.07 Å². The van der Waals surface area contributed by atoms with Gasteiger partial charge in [-0.2, -0.15) is 0 Å². The van der Waals surface area contributed by atoms with Gasteiger partial charge in [0.2, 0.25) is 0 Å². The van der Waals surface area contributed by atoms with E-state index in [1.54, 1.807) is 7.11 Å². The van der Waals surface area contributed by atoms with Gasteiger partial charge < -0.3 is 19.6 Å². The second kappa shape index (κ2) is 7.26. The van der Waals surface area contributed by atoms with Gasteiger partial charge in [-0.3, -0.25) is 0 Å². The molecule has 2 N–H and O–H groups in total. The Hall–Kier alpha value is -0.820. The van der Waals surface area contributed by atoms with Crippen molar-refractivity contribution in [3.8, 4) is 5.75 Å². The Labute approximate surface area is 134 Å². The highest BCUT2D eigenvalue weighted by Gasteiger charge is 2.14. The summed E-state index contributed by atoms with van der Waals surface area (Å²) in [6.45, 7) is 1.06. The molecule has 0 spiro atoms. The monoisotopic (exact) mass is 403 g/mol. The van der Waals surface area contributed by atoms with Crippen molar-refractivity contribution in [2.45, 2.75) is 6.04 Å². The molecule has 0 fully saturated rings. The highest BCUT2D eigenvalue weighted by Crippen LogP contribution is 2.31. The summed E-state index contributed by atoms with van der Waals surface area (Å²) in [6.07, 6.45) is 0. The van der Waals surface area contributed by atoms with Crippen molar-refractivity contribution in [3.05, 3.63) is 50.8 Å². The first-order chi connectivity index (χ1) is 9.61. The maximum Gasteiger partial charge on any atom is 0.169 e. The third kappa shape index (κ3) is 3.85. The molecule has 0 aliphatic carbocycles. The van der Waals surface area contributed by atoms with Crippen LogP contribution in [0.5, 0.6) is 5.75 Å². The van der Waals surface area contributed by atoms with E-state index in [0.29, 0.717) is 23.6 Å². The Morgan fingerprint density at radius 1 is 1.20 bits per heavy atom. The van der Waals surface area contributed by atoms with Crippen molar-refractivity contribution in [2.75, 3.05) is 20.3 Å². The minimum atomic E-state index is -0.314. The SMILES string of the molecule is COCCOc1ccc(C(N)c2ccc(Br)o2)cc1Br. The number of hydrogen-bond acceptors (Lipinski definition) is 4. The molecule has 2 aromatic rings. The minimum absolute atomic E-state index is 0.314. The summed E-state index contributed by atoms with van der Waals surface area (Å²) in [7, 11) is 1.64. The average Bonchev–Trinajstić information content (AvgIpc) is 2.86. The van der Waals surface area contributed by atoms with Gasteiger partial charge >= 0.3 is 0 Å². The molecular weight excluding hydrogens is 390 g/mol. The number of furan rings is 1. The Morgan fingerprint density at radius 2 is 2.00 bits per heavy atom. The van der Waals surface area contributed by atoms with Crippen LogP contribution in [0.25, 0.3) is 0 Å². The Bertz CT molecular complexity index is 571. The zero-order valence-electron chi connectivity index (χ0n) is 10.9. The topological polar surface area (TPSA) is 57.6 Å². The largest absolute Gasteiger partial charge is 0.490 e. The molecule has 6 heteroatoms. The van der Waals surface area contributed by atoms with E-state index in [1.807, 2.05) is 30.3 Å². The highest BCUT2D eigenvalue weighted by molar-refractivity contribution is 9.10. The van der Waals surface area contributed by atoms with E-state index in [1.165, 1.54) is 0 Å². The first-order valence-corrected chi connectivity index (χ1v) is 7.62. The van der Waals surface area contributed by atoms with Crippen LogP contribution in [0.2, 0.25) is 0 Å². The van der Waals surface area contributed by atoms with Crippen molar-refractivity contribution in [3.63, 3.8) is 0 Å². The second-order valence-corrected chi connectivity index (χ2v) is 5.79. The maximum absolute atomic E-state index is 6.17. The molecule has 0 bridgehead atoms. The van der Waals surface area contributed by atoms with Gasteiger partial charge in [-0.05, 0) is 61.7 Å². The molecule has 0 radical (unpaired) electrons. The van der Waals surface area contributed by atoms with Gasteiger partial charge in [0.1, 0.15) is 18.1 Å². The molecule has 0 amide bonds. The van der Waals surface area contributed by atoms with E-state index in [9.17, 15) is 0 Å². The number of benzene rings is 1. The quantitative estimate of drug-likeness (QED) is 0.742.